The normalized spacial score (nSPS) is 8.91. The van der Waals surface area contributed by atoms with Crippen LogP contribution >= 0.6 is 0 Å². The maximum atomic E-state index is 8.56. The zero-order valence-corrected chi connectivity index (χ0v) is 7.08. The second-order valence-corrected chi connectivity index (χ2v) is 1.99. The maximum Gasteiger partial charge on any atom is 0.503 e. The molecular formula is C8H16O3. The van der Waals surface area contributed by atoms with Gasteiger partial charge in [0.1, 0.15) is 0 Å². The Morgan fingerprint density at radius 2 is 1.91 bits per heavy atom. The van der Waals surface area contributed by atoms with Crippen molar-refractivity contribution in [2.75, 3.05) is 0 Å². The summed E-state index contributed by atoms with van der Waals surface area (Å²) in [6, 6.07) is 0. The van der Waals surface area contributed by atoms with Gasteiger partial charge in [0, 0.05) is 0 Å². The Morgan fingerprint density at radius 1 is 1.45 bits per heavy atom. The molecule has 66 valence electrons. The SMILES string of the molecule is CC=CCCCC.O=C(O)O. The first-order chi connectivity index (χ1) is 5.15. The molecule has 2 N–H and O–H groups in total. The zero-order chi connectivity index (χ0) is 9.11. The lowest BCUT2D eigenvalue weighted by molar-refractivity contribution is 0.137. The number of carbonyl (C=O) groups is 1. The van der Waals surface area contributed by atoms with Crippen LogP contribution in [0.25, 0.3) is 0 Å². The molecule has 0 heterocycles. The number of rotatable bonds is 3. The third-order valence-electron chi connectivity index (χ3n) is 0.960. The van der Waals surface area contributed by atoms with Gasteiger partial charge in [-0.1, -0.05) is 31.9 Å². The predicted molar refractivity (Wildman–Crippen MR) is 45.0 cm³/mol. The molecule has 0 saturated heterocycles. The van der Waals surface area contributed by atoms with E-state index in [2.05, 4.69) is 26.0 Å². The van der Waals surface area contributed by atoms with E-state index >= 15 is 0 Å². The van der Waals surface area contributed by atoms with Crippen LogP contribution in [-0.2, 0) is 0 Å². The molecule has 0 fully saturated rings. The molecule has 11 heavy (non-hydrogen) atoms. The molecule has 3 heteroatoms. The minimum atomic E-state index is -1.83. The maximum absolute atomic E-state index is 8.56. The van der Waals surface area contributed by atoms with Crippen LogP contribution in [-0.4, -0.2) is 16.4 Å². The third-order valence-corrected chi connectivity index (χ3v) is 0.960. The molecule has 0 atom stereocenters. The van der Waals surface area contributed by atoms with Crippen LogP contribution in [0.5, 0.6) is 0 Å². The average Bonchev–Trinajstić information content (AvgIpc) is 1.88. The van der Waals surface area contributed by atoms with Crippen LogP contribution in [0.2, 0.25) is 0 Å². The highest BCUT2D eigenvalue weighted by Crippen LogP contribution is 1.93. The first kappa shape index (κ1) is 12.7. The molecule has 0 aromatic rings. The van der Waals surface area contributed by atoms with E-state index in [1.165, 1.54) is 19.3 Å². The summed E-state index contributed by atoms with van der Waals surface area (Å²) in [5.41, 5.74) is 0. The lowest BCUT2D eigenvalue weighted by atomic mass is 10.2. The highest BCUT2D eigenvalue weighted by molar-refractivity contribution is 5.53. The van der Waals surface area contributed by atoms with Crippen molar-refractivity contribution >= 4 is 6.16 Å². The van der Waals surface area contributed by atoms with Gasteiger partial charge in [0.2, 0.25) is 0 Å². The topological polar surface area (TPSA) is 57.5 Å². The van der Waals surface area contributed by atoms with Gasteiger partial charge in [0.25, 0.3) is 0 Å². The van der Waals surface area contributed by atoms with Crippen molar-refractivity contribution in [2.45, 2.75) is 33.1 Å². The average molecular weight is 160 g/mol. The Balaban J connectivity index is 0. The van der Waals surface area contributed by atoms with E-state index in [0.717, 1.165) is 0 Å². The van der Waals surface area contributed by atoms with E-state index in [0.29, 0.717) is 0 Å². The Labute approximate surface area is 67.4 Å². The Hall–Kier alpha value is -0.990. The molecule has 0 aliphatic rings. The molecule has 0 spiro atoms. The van der Waals surface area contributed by atoms with Gasteiger partial charge in [-0.2, -0.15) is 0 Å². The summed E-state index contributed by atoms with van der Waals surface area (Å²) >= 11 is 0. The number of allylic oxidation sites excluding steroid dienone is 2. The molecule has 0 aromatic carbocycles. The molecule has 3 nitrogen and oxygen atoms in total. The Morgan fingerprint density at radius 3 is 2.18 bits per heavy atom. The monoisotopic (exact) mass is 160 g/mol. The van der Waals surface area contributed by atoms with Crippen LogP contribution in [0.4, 0.5) is 4.79 Å². The van der Waals surface area contributed by atoms with E-state index in [9.17, 15) is 0 Å². The van der Waals surface area contributed by atoms with Gasteiger partial charge in [-0.15, -0.1) is 0 Å². The van der Waals surface area contributed by atoms with Gasteiger partial charge in [-0.05, 0) is 13.3 Å². The summed E-state index contributed by atoms with van der Waals surface area (Å²) in [7, 11) is 0. The second kappa shape index (κ2) is 11.8. The van der Waals surface area contributed by atoms with Crippen molar-refractivity contribution < 1.29 is 15.0 Å². The fourth-order valence-electron chi connectivity index (χ4n) is 0.489. The fourth-order valence-corrected chi connectivity index (χ4v) is 0.489. The lowest BCUT2D eigenvalue weighted by Crippen LogP contribution is -1.81. The number of hydrogen-bond acceptors (Lipinski definition) is 1. The van der Waals surface area contributed by atoms with Crippen molar-refractivity contribution in [3.63, 3.8) is 0 Å². The van der Waals surface area contributed by atoms with Crippen LogP contribution in [0.3, 0.4) is 0 Å². The molecule has 0 unspecified atom stereocenters. The fraction of sp³-hybridized carbons (Fsp3) is 0.625. The van der Waals surface area contributed by atoms with Crippen molar-refractivity contribution in [2.24, 2.45) is 0 Å². The van der Waals surface area contributed by atoms with E-state index < -0.39 is 6.16 Å². The van der Waals surface area contributed by atoms with Crippen molar-refractivity contribution in [3.8, 4) is 0 Å². The quantitative estimate of drug-likeness (QED) is 0.493. The van der Waals surface area contributed by atoms with E-state index in [1.54, 1.807) is 0 Å². The molecule has 0 amide bonds. The smallest absolute Gasteiger partial charge is 0.450 e. The van der Waals surface area contributed by atoms with Crippen LogP contribution in [0.15, 0.2) is 12.2 Å². The largest absolute Gasteiger partial charge is 0.503 e. The highest BCUT2D eigenvalue weighted by atomic mass is 16.6. The van der Waals surface area contributed by atoms with Crippen molar-refractivity contribution in [1.82, 2.24) is 0 Å². The first-order valence-electron chi connectivity index (χ1n) is 3.68. The highest BCUT2D eigenvalue weighted by Gasteiger charge is 1.73. The van der Waals surface area contributed by atoms with Crippen molar-refractivity contribution in [3.05, 3.63) is 12.2 Å². The molecule has 0 aliphatic heterocycles. The number of carboxylic acid groups (broad SMARTS) is 2. The summed E-state index contributed by atoms with van der Waals surface area (Å²) in [6.07, 6.45) is 6.39. The molecule has 0 aromatic heterocycles. The van der Waals surface area contributed by atoms with Crippen LogP contribution < -0.4 is 0 Å². The third kappa shape index (κ3) is 48.9. The second-order valence-electron chi connectivity index (χ2n) is 1.99. The molecule has 0 aliphatic carbocycles. The van der Waals surface area contributed by atoms with Gasteiger partial charge >= 0.3 is 6.16 Å². The lowest BCUT2D eigenvalue weighted by Gasteiger charge is -1.83. The van der Waals surface area contributed by atoms with Crippen LogP contribution in [0, 0.1) is 0 Å². The molecular weight excluding hydrogens is 144 g/mol. The minimum Gasteiger partial charge on any atom is -0.450 e. The van der Waals surface area contributed by atoms with E-state index in [-0.39, 0.29) is 0 Å². The molecule has 0 radical (unpaired) electrons. The van der Waals surface area contributed by atoms with E-state index in [1.807, 2.05) is 0 Å². The van der Waals surface area contributed by atoms with Crippen molar-refractivity contribution in [1.29, 1.82) is 0 Å². The van der Waals surface area contributed by atoms with Crippen LogP contribution in [0.1, 0.15) is 33.1 Å². The Kier molecular flexibility index (Phi) is 13.5. The van der Waals surface area contributed by atoms with Gasteiger partial charge < -0.3 is 10.2 Å². The summed E-state index contributed by atoms with van der Waals surface area (Å²) < 4.78 is 0. The first-order valence-corrected chi connectivity index (χ1v) is 3.68. The predicted octanol–water partition coefficient (Wildman–Crippen LogP) is 2.98. The molecule has 0 bridgehead atoms. The summed E-state index contributed by atoms with van der Waals surface area (Å²) in [5, 5.41) is 13.9. The summed E-state index contributed by atoms with van der Waals surface area (Å²) in [5.74, 6) is 0. The van der Waals surface area contributed by atoms with Gasteiger partial charge in [0.05, 0.1) is 0 Å². The Bertz CT molecular complexity index is 104. The van der Waals surface area contributed by atoms with Gasteiger partial charge in [-0.25, -0.2) is 4.79 Å². The summed E-state index contributed by atoms with van der Waals surface area (Å²) in [4.78, 5) is 8.56. The molecule has 0 saturated carbocycles. The minimum absolute atomic E-state index is 1.26. The van der Waals surface area contributed by atoms with Gasteiger partial charge in [-0.3, -0.25) is 0 Å². The zero-order valence-electron chi connectivity index (χ0n) is 7.08. The molecule has 0 rings (SSSR count). The summed E-state index contributed by atoms with van der Waals surface area (Å²) in [6.45, 7) is 4.28. The number of unbranched alkanes of at least 4 members (excludes halogenated alkanes) is 2. The number of hydrogen-bond donors (Lipinski definition) is 2. The van der Waals surface area contributed by atoms with Gasteiger partial charge in [0.15, 0.2) is 0 Å². The standard InChI is InChI=1S/C7H14.CH2O3/c1-3-5-7-6-4-2;2-1(3)4/h3,5H,4,6-7H2,1-2H3;(H2,2,3,4). The van der Waals surface area contributed by atoms with E-state index in [4.69, 9.17) is 15.0 Å².